The molecule has 0 bridgehead atoms. The fourth-order valence-electron chi connectivity index (χ4n) is 1.57. The minimum atomic E-state index is -3.76. The van der Waals surface area contributed by atoms with Crippen LogP contribution in [-0.4, -0.2) is 42.2 Å². The van der Waals surface area contributed by atoms with E-state index in [9.17, 15) is 13.2 Å². The molecule has 0 aliphatic heterocycles. The van der Waals surface area contributed by atoms with Gasteiger partial charge in [-0.2, -0.15) is 4.31 Å². The van der Waals surface area contributed by atoms with Crippen LogP contribution >= 0.6 is 11.6 Å². The molecule has 9 heteroatoms. The van der Waals surface area contributed by atoms with E-state index in [1.807, 2.05) is 0 Å². The first kappa shape index (κ1) is 15.5. The lowest BCUT2D eigenvalue weighted by atomic mass is 10.3. The number of hydrogen-bond donors (Lipinski definition) is 2. The van der Waals surface area contributed by atoms with Crippen molar-refractivity contribution in [2.24, 2.45) is 0 Å². The smallest absolute Gasteiger partial charge is 0.260 e. The Morgan fingerprint density at radius 2 is 2.05 bits per heavy atom. The Kier molecular flexibility index (Phi) is 4.61. The van der Waals surface area contributed by atoms with Crippen molar-refractivity contribution in [1.29, 1.82) is 0 Å². The van der Waals surface area contributed by atoms with Crippen LogP contribution in [-0.2, 0) is 14.8 Å². The number of halogens is 1. The van der Waals surface area contributed by atoms with E-state index >= 15 is 0 Å². The van der Waals surface area contributed by atoms with Crippen LogP contribution in [0.1, 0.15) is 0 Å². The largest absolute Gasteiger partial charge is 0.335 e. The maximum Gasteiger partial charge on any atom is 0.260 e. The van der Waals surface area contributed by atoms with Crippen molar-refractivity contribution in [2.75, 3.05) is 18.9 Å². The monoisotopic (exact) mass is 328 g/mol. The van der Waals surface area contributed by atoms with E-state index in [0.717, 1.165) is 4.31 Å². The van der Waals surface area contributed by atoms with Crippen LogP contribution in [0.25, 0.3) is 0 Å². The molecule has 1 aromatic heterocycles. The zero-order valence-electron chi connectivity index (χ0n) is 11.1. The van der Waals surface area contributed by atoms with Crippen LogP contribution in [0.15, 0.2) is 41.8 Å². The summed E-state index contributed by atoms with van der Waals surface area (Å²) in [6, 6.07) is 6.51. The molecule has 2 N–H and O–H groups in total. The van der Waals surface area contributed by atoms with Gasteiger partial charge in [0.15, 0.2) is 5.03 Å². The van der Waals surface area contributed by atoms with E-state index in [1.165, 1.54) is 19.6 Å². The second kappa shape index (κ2) is 6.25. The number of carbonyl (C=O) groups is 1. The van der Waals surface area contributed by atoms with Crippen LogP contribution in [0.5, 0.6) is 0 Å². The van der Waals surface area contributed by atoms with Crippen molar-refractivity contribution < 1.29 is 13.2 Å². The number of rotatable bonds is 5. The van der Waals surface area contributed by atoms with Gasteiger partial charge in [0.05, 0.1) is 19.1 Å². The highest BCUT2D eigenvalue weighted by atomic mass is 35.5. The number of sulfonamides is 1. The molecule has 0 spiro atoms. The Balaban J connectivity index is 2.01. The number of nitrogens with zero attached hydrogens (tertiary/aromatic N) is 2. The van der Waals surface area contributed by atoms with Crippen molar-refractivity contribution in [1.82, 2.24) is 14.3 Å². The molecule has 2 rings (SSSR count). The van der Waals surface area contributed by atoms with Crippen molar-refractivity contribution in [3.63, 3.8) is 0 Å². The van der Waals surface area contributed by atoms with Gasteiger partial charge in [0, 0.05) is 17.8 Å². The number of likely N-dealkylation sites (N-methyl/N-ethyl adjacent to an activating group) is 1. The van der Waals surface area contributed by atoms with Crippen molar-refractivity contribution in [2.45, 2.75) is 5.03 Å². The number of H-pyrrole nitrogens is 1. The SMILES string of the molecule is CN(CC(=O)Nc1ccc(Cl)cc1)S(=O)(=O)c1cnc[nH]1. The van der Waals surface area contributed by atoms with Gasteiger partial charge in [0.25, 0.3) is 10.0 Å². The van der Waals surface area contributed by atoms with Gasteiger partial charge in [0.1, 0.15) is 0 Å². The van der Waals surface area contributed by atoms with Gasteiger partial charge in [-0.25, -0.2) is 13.4 Å². The number of aromatic amines is 1. The predicted octanol–water partition coefficient (Wildman–Crippen LogP) is 1.32. The molecule has 0 atom stereocenters. The Hall–Kier alpha value is -1.90. The maximum absolute atomic E-state index is 12.1. The zero-order chi connectivity index (χ0) is 15.5. The van der Waals surface area contributed by atoms with Crippen molar-refractivity contribution in [3.8, 4) is 0 Å². The van der Waals surface area contributed by atoms with Crippen molar-refractivity contribution in [3.05, 3.63) is 41.8 Å². The summed E-state index contributed by atoms with van der Waals surface area (Å²) in [6.07, 6.45) is 2.44. The zero-order valence-corrected chi connectivity index (χ0v) is 12.6. The van der Waals surface area contributed by atoms with Crippen LogP contribution in [0, 0.1) is 0 Å². The molecule has 1 aromatic carbocycles. The normalized spacial score (nSPS) is 11.6. The third kappa shape index (κ3) is 3.81. The highest BCUT2D eigenvalue weighted by Crippen LogP contribution is 2.14. The minimum absolute atomic E-state index is 0.0655. The summed E-state index contributed by atoms with van der Waals surface area (Å²) in [5, 5.41) is 3.07. The highest BCUT2D eigenvalue weighted by molar-refractivity contribution is 7.89. The first-order chi connectivity index (χ1) is 9.89. The van der Waals surface area contributed by atoms with E-state index in [0.29, 0.717) is 10.7 Å². The highest BCUT2D eigenvalue weighted by Gasteiger charge is 2.24. The maximum atomic E-state index is 12.1. The quantitative estimate of drug-likeness (QED) is 0.865. The number of aromatic nitrogens is 2. The lowest BCUT2D eigenvalue weighted by Crippen LogP contribution is -2.35. The first-order valence-corrected chi connectivity index (χ1v) is 7.71. The summed E-state index contributed by atoms with van der Waals surface area (Å²) < 4.78 is 25.1. The number of amides is 1. The van der Waals surface area contributed by atoms with Gasteiger partial charge in [0.2, 0.25) is 5.91 Å². The minimum Gasteiger partial charge on any atom is -0.335 e. The van der Waals surface area contributed by atoms with E-state index in [4.69, 9.17) is 11.6 Å². The lowest BCUT2D eigenvalue weighted by Gasteiger charge is -2.15. The molecule has 0 radical (unpaired) electrons. The number of hydrogen-bond acceptors (Lipinski definition) is 4. The Labute approximate surface area is 127 Å². The first-order valence-electron chi connectivity index (χ1n) is 5.90. The lowest BCUT2D eigenvalue weighted by molar-refractivity contribution is -0.116. The number of anilines is 1. The molecule has 21 heavy (non-hydrogen) atoms. The van der Waals surface area contributed by atoms with E-state index in [2.05, 4.69) is 15.3 Å². The van der Waals surface area contributed by atoms with E-state index in [1.54, 1.807) is 24.3 Å². The Bertz CT molecular complexity index is 713. The molecule has 0 saturated carbocycles. The summed E-state index contributed by atoms with van der Waals surface area (Å²) in [5.41, 5.74) is 0.539. The second-order valence-electron chi connectivity index (χ2n) is 4.23. The molecule has 0 aliphatic rings. The van der Waals surface area contributed by atoms with Gasteiger partial charge in [-0.3, -0.25) is 4.79 Å². The van der Waals surface area contributed by atoms with E-state index < -0.39 is 15.9 Å². The van der Waals surface area contributed by atoms with Gasteiger partial charge in [-0.05, 0) is 24.3 Å². The second-order valence-corrected chi connectivity index (χ2v) is 6.68. The summed E-state index contributed by atoms with van der Waals surface area (Å²) in [4.78, 5) is 18.0. The fraction of sp³-hybridized carbons (Fsp3) is 0.167. The molecule has 1 heterocycles. The third-order valence-electron chi connectivity index (χ3n) is 2.66. The summed E-state index contributed by atoms with van der Waals surface area (Å²) in [5.74, 6) is -0.456. The third-order valence-corrected chi connectivity index (χ3v) is 4.64. The topological polar surface area (TPSA) is 95.2 Å². The molecule has 112 valence electrons. The summed E-state index contributed by atoms with van der Waals surface area (Å²) >= 11 is 5.74. The molecule has 0 aliphatic carbocycles. The average Bonchev–Trinajstić information content (AvgIpc) is 2.96. The number of nitrogens with one attached hydrogen (secondary N) is 2. The number of benzene rings is 1. The molecule has 0 saturated heterocycles. The van der Waals surface area contributed by atoms with Crippen LogP contribution in [0.2, 0.25) is 5.02 Å². The predicted molar refractivity (Wildman–Crippen MR) is 78.5 cm³/mol. The molecule has 7 nitrogen and oxygen atoms in total. The van der Waals surface area contributed by atoms with Gasteiger partial charge in [-0.15, -0.1) is 0 Å². The van der Waals surface area contributed by atoms with Gasteiger partial charge < -0.3 is 10.3 Å². The van der Waals surface area contributed by atoms with E-state index in [-0.39, 0.29) is 11.6 Å². The summed E-state index contributed by atoms with van der Waals surface area (Å²) in [7, 11) is -2.44. The molecule has 0 fully saturated rings. The average molecular weight is 329 g/mol. The Morgan fingerprint density at radius 3 is 2.62 bits per heavy atom. The molecule has 1 amide bonds. The number of imidazole rings is 1. The van der Waals surface area contributed by atoms with Gasteiger partial charge >= 0.3 is 0 Å². The molecular formula is C12H13ClN4O3S. The summed E-state index contributed by atoms with van der Waals surface area (Å²) in [6.45, 7) is -0.315. The van der Waals surface area contributed by atoms with Crippen LogP contribution < -0.4 is 5.32 Å². The van der Waals surface area contributed by atoms with Crippen molar-refractivity contribution >= 4 is 33.2 Å². The van der Waals surface area contributed by atoms with Crippen LogP contribution in [0.3, 0.4) is 0 Å². The fourth-order valence-corrected chi connectivity index (χ4v) is 2.72. The Morgan fingerprint density at radius 1 is 1.38 bits per heavy atom. The standard InChI is InChI=1S/C12H13ClN4O3S/c1-17(21(19,20)12-6-14-8-15-12)7-11(18)16-10-4-2-9(13)3-5-10/h2-6,8H,7H2,1H3,(H,14,15)(H,16,18). The molecular weight excluding hydrogens is 316 g/mol. The molecule has 0 unspecified atom stereocenters. The van der Waals surface area contributed by atoms with Gasteiger partial charge in [-0.1, -0.05) is 11.6 Å². The number of carbonyl (C=O) groups excluding carboxylic acids is 1. The van der Waals surface area contributed by atoms with Crippen LogP contribution in [0.4, 0.5) is 5.69 Å². The molecule has 2 aromatic rings.